The van der Waals surface area contributed by atoms with E-state index in [4.69, 9.17) is 4.42 Å². The summed E-state index contributed by atoms with van der Waals surface area (Å²) in [6.07, 6.45) is 1.70. The van der Waals surface area contributed by atoms with Crippen molar-refractivity contribution < 1.29 is 27.5 Å². The van der Waals surface area contributed by atoms with Gasteiger partial charge in [-0.25, -0.2) is 13.1 Å². The number of hydrogen-bond donors (Lipinski definition) is 2. The maximum atomic E-state index is 12.8. The minimum Gasteiger partial charge on any atom is -0.466 e. The second kappa shape index (κ2) is 7.80. The molecule has 0 saturated carbocycles. The third kappa shape index (κ3) is 3.70. The topological polar surface area (TPSA) is 117 Å². The van der Waals surface area contributed by atoms with Gasteiger partial charge in [0, 0.05) is 17.7 Å². The number of aliphatic hydroxyl groups is 1. The Morgan fingerprint density at radius 3 is 2.33 bits per heavy atom. The van der Waals surface area contributed by atoms with Crippen molar-refractivity contribution in [3.8, 4) is 0 Å². The summed E-state index contributed by atoms with van der Waals surface area (Å²) in [6, 6.07) is 12.1. The Labute approximate surface area is 176 Å². The lowest BCUT2D eigenvalue weighted by molar-refractivity contribution is -0.121. The van der Waals surface area contributed by atoms with Crippen molar-refractivity contribution in [3.05, 3.63) is 70.8 Å². The molecule has 0 bridgehead atoms. The monoisotopic (exact) mass is 446 g/mol. The summed E-state index contributed by atoms with van der Waals surface area (Å²) in [7, 11) is -3.98. The van der Waals surface area contributed by atoms with Crippen LogP contribution < -0.4 is 9.62 Å². The van der Waals surface area contributed by atoms with E-state index in [9.17, 15) is 23.1 Å². The van der Waals surface area contributed by atoms with Crippen LogP contribution >= 0.6 is 11.3 Å². The Hall–Kier alpha value is -2.79. The number of anilines is 1. The summed E-state index contributed by atoms with van der Waals surface area (Å²) in [4.78, 5) is 25.2. The summed E-state index contributed by atoms with van der Waals surface area (Å²) >= 11 is 1.28. The van der Waals surface area contributed by atoms with Crippen LogP contribution in [0.3, 0.4) is 0 Å². The average molecular weight is 447 g/mol. The van der Waals surface area contributed by atoms with Gasteiger partial charge in [0.2, 0.25) is 21.8 Å². The molecule has 1 fully saturated rings. The van der Waals surface area contributed by atoms with Gasteiger partial charge in [0.25, 0.3) is 0 Å². The summed E-state index contributed by atoms with van der Waals surface area (Å²) in [5, 5.41) is 13.0. The van der Waals surface area contributed by atoms with Crippen LogP contribution in [0.25, 0.3) is 0 Å². The number of imide groups is 1. The number of carbonyl (C=O) groups is 2. The van der Waals surface area contributed by atoms with Crippen LogP contribution in [0.4, 0.5) is 5.69 Å². The molecule has 2 amide bonds. The van der Waals surface area contributed by atoms with Gasteiger partial charge >= 0.3 is 0 Å². The maximum Gasteiger partial charge on any atom is 0.240 e. The molecule has 4 rings (SSSR count). The number of benzene rings is 1. The standard InChI is InChI=1S/C20H18N2O6S2/c23-18-9-10-19(24)22(18)14-5-7-15(8-6-14)30(26,27)21-13-20(25,16-3-1-11-28-16)17-4-2-12-29-17/h1-8,11-12,21,25H,9-10,13H2. The van der Waals surface area contributed by atoms with E-state index >= 15 is 0 Å². The molecule has 0 aliphatic carbocycles. The summed E-state index contributed by atoms with van der Waals surface area (Å²) < 4.78 is 33.3. The number of amides is 2. The molecule has 3 aromatic rings. The number of nitrogens with zero attached hydrogens (tertiary/aromatic N) is 1. The average Bonchev–Trinajstić information content (AvgIpc) is 3.50. The highest BCUT2D eigenvalue weighted by Crippen LogP contribution is 2.33. The molecule has 1 aliphatic heterocycles. The first-order chi connectivity index (χ1) is 14.3. The van der Waals surface area contributed by atoms with Gasteiger partial charge in [-0.05, 0) is 47.8 Å². The van der Waals surface area contributed by atoms with E-state index in [-0.39, 0.29) is 41.9 Å². The lowest BCUT2D eigenvalue weighted by Gasteiger charge is -2.25. The van der Waals surface area contributed by atoms with Gasteiger partial charge in [-0.1, -0.05) is 6.07 Å². The first kappa shape index (κ1) is 20.5. The summed E-state index contributed by atoms with van der Waals surface area (Å²) in [5.74, 6) is -0.407. The number of furan rings is 1. The van der Waals surface area contributed by atoms with Crippen LogP contribution in [0.5, 0.6) is 0 Å². The van der Waals surface area contributed by atoms with E-state index in [0.29, 0.717) is 10.6 Å². The molecule has 1 unspecified atom stereocenters. The SMILES string of the molecule is O=C1CCC(=O)N1c1ccc(S(=O)(=O)NCC(O)(c2ccco2)c2cccs2)cc1. The fourth-order valence-electron chi connectivity index (χ4n) is 3.25. The van der Waals surface area contributed by atoms with Crippen molar-refractivity contribution in [2.45, 2.75) is 23.3 Å². The normalized spacial score (nSPS) is 16.8. The summed E-state index contributed by atoms with van der Waals surface area (Å²) in [5.41, 5.74) is -1.34. The van der Waals surface area contributed by atoms with Crippen LogP contribution in [-0.2, 0) is 25.2 Å². The van der Waals surface area contributed by atoms with Crippen LogP contribution in [0.2, 0.25) is 0 Å². The molecule has 2 aromatic heterocycles. The molecule has 1 aliphatic rings. The van der Waals surface area contributed by atoms with Crippen LogP contribution in [0.15, 0.2) is 69.5 Å². The van der Waals surface area contributed by atoms with Crippen molar-refractivity contribution in [1.82, 2.24) is 4.72 Å². The van der Waals surface area contributed by atoms with E-state index in [2.05, 4.69) is 4.72 Å². The van der Waals surface area contributed by atoms with Crippen molar-refractivity contribution in [2.24, 2.45) is 0 Å². The van der Waals surface area contributed by atoms with Gasteiger partial charge in [-0.15, -0.1) is 11.3 Å². The Kier molecular flexibility index (Phi) is 5.33. The number of thiophene rings is 1. The van der Waals surface area contributed by atoms with E-state index < -0.39 is 15.6 Å². The number of carbonyl (C=O) groups excluding carboxylic acids is 2. The maximum absolute atomic E-state index is 12.8. The van der Waals surface area contributed by atoms with E-state index in [0.717, 1.165) is 4.90 Å². The van der Waals surface area contributed by atoms with E-state index in [1.807, 2.05) is 0 Å². The lowest BCUT2D eigenvalue weighted by Crippen LogP contribution is -2.40. The Balaban J connectivity index is 1.55. The van der Waals surface area contributed by atoms with Crippen LogP contribution in [0.1, 0.15) is 23.5 Å². The predicted octanol–water partition coefficient (Wildman–Crippen LogP) is 2.21. The van der Waals surface area contributed by atoms with Gasteiger partial charge in [0.1, 0.15) is 5.76 Å². The molecule has 0 radical (unpaired) electrons. The predicted molar refractivity (Wildman–Crippen MR) is 109 cm³/mol. The molecule has 156 valence electrons. The molecule has 0 spiro atoms. The molecule has 10 heteroatoms. The Bertz CT molecular complexity index is 1100. The highest BCUT2D eigenvalue weighted by Gasteiger charge is 2.37. The molecule has 1 saturated heterocycles. The third-order valence-corrected chi connectivity index (χ3v) is 7.27. The van der Waals surface area contributed by atoms with Crippen molar-refractivity contribution >= 4 is 38.9 Å². The number of rotatable bonds is 7. The first-order valence-corrected chi connectivity index (χ1v) is 11.4. The summed E-state index contributed by atoms with van der Waals surface area (Å²) in [6.45, 7) is -0.339. The van der Waals surface area contributed by atoms with Crippen LogP contribution in [0, 0.1) is 0 Å². The largest absolute Gasteiger partial charge is 0.466 e. The van der Waals surface area contributed by atoms with Crippen molar-refractivity contribution in [3.63, 3.8) is 0 Å². The Morgan fingerprint density at radius 2 is 1.77 bits per heavy atom. The molecular weight excluding hydrogens is 428 g/mol. The number of hydrogen-bond acceptors (Lipinski definition) is 7. The highest BCUT2D eigenvalue weighted by atomic mass is 32.2. The zero-order valence-corrected chi connectivity index (χ0v) is 17.3. The fraction of sp³-hybridized carbons (Fsp3) is 0.200. The third-order valence-electron chi connectivity index (χ3n) is 4.83. The molecular formula is C20H18N2O6S2. The Morgan fingerprint density at radius 1 is 1.07 bits per heavy atom. The van der Waals surface area contributed by atoms with Crippen LogP contribution in [-0.4, -0.2) is 31.9 Å². The second-order valence-corrected chi connectivity index (χ2v) is 9.47. The lowest BCUT2D eigenvalue weighted by atomic mass is 9.99. The highest BCUT2D eigenvalue weighted by molar-refractivity contribution is 7.89. The van der Waals surface area contributed by atoms with Gasteiger partial charge in [-0.3, -0.25) is 14.5 Å². The molecule has 3 heterocycles. The minimum absolute atomic E-state index is 0.0571. The van der Waals surface area contributed by atoms with E-state index in [1.165, 1.54) is 41.9 Å². The quantitative estimate of drug-likeness (QED) is 0.538. The second-order valence-electron chi connectivity index (χ2n) is 6.76. The zero-order chi connectivity index (χ0) is 21.4. The molecule has 8 nitrogen and oxygen atoms in total. The number of sulfonamides is 1. The van der Waals surface area contributed by atoms with Gasteiger partial charge < -0.3 is 9.52 Å². The number of nitrogens with one attached hydrogen (secondary N) is 1. The molecule has 30 heavy (non-hydrogen) atoms. The van der Waals surface area contributed by atoms with Gasteiger partial charge in [-0.2, -0.15) is 0 Å². The van der Waals surface area contributed by atoms with Crippen molar-refractivity contribution in [2.75, 3.05) is 11.4 Å². The zero-order valence-electron chi connectivity index (χ0n) is 15.6. The van der Waals surface area contributed by atoms with Crippen molar-refractivity contribution in [1.29, 1.82) is 0 Å². The van der Waals surface area contributed by atoms with Gasteiger partial charge in [0.05, 0.1) is 23.4 Å². The van der Waals surface area contributed by atoms with E-state index in [1.54, 1.807) is 29.6 Å². The smallest absolute Gasteiger partial charge is 0.240 e. The molecule has 1 aromatic carbocycles. The molecule has 2 N–H and O–H groups in total. The first-order valence-electron chi connectivity index (χ1n) is 9.07. The van der Waals surface area contributed by atoms with Gasteiger partial charge in [0.15, 0.2) is 5.60 Å². The molecule has 1 atom stereocenters. The fourth-order valence-corrected chi connectivity index (χ4v) is 5.13. The minimum atomic E-state index is -3.98.